The molecular formula is C20H36FI. The Bertz CT molecular complexity index is 277. The molecule has 0 saturated heterocycles. The first-order chi connectivity index (χ1) is 10.7. The molecule has 1 unspecified atom stereocenters. The molecule has 0 aromatic carbocycles. The van der Waals surface area contributed by atoms with Crippen LogP contribution < -0.4 is 0 Å². The molecule has 0 heterocycles. The predicted octanol–water partition coefficient (Wildman–Crippen LogP) is 7.34. The first-order valence-electron chi connectivity index (χ1n) is 9.92. The molecule has 2 heteroatoms. The fourth-order valence-corrected chi connectivity index (χ4v) is 5.32. The zero-order chi connectivity index (χ0) is 15.8. The van der Waals surface area contributed by atoms with Gasteiger partial charge in [-0.15, -0.1) is 0 Å². The predicted molar refractivity (Wildman–Crippen MR) is 103 cm³/mol. The standard InChI is InChI=1S/C20H36FI/c1-2-3-4-16-5-10-18(11-6-16)19-12-7-17(8-13-19)9-14-20(21)15-22/h16-20H,2-15H2,1H3. The first kappa shape index (κ1) is 19.0. The molecule has 1 atom stereocenters. The summed E-state index contributed by atoms with van der Waals surface area (Å²) >= 11 is 2.17. The van der Waals surface area contributed by atoms with Crippen molar-refractivity contribution in [3.05, 3.63) is 0 Å². The number of hydrogen-bond acceptors (Lipinski definition) is 0. The van der Waals surface area contributed by atoms with Gasteiger partial charge in [-0.2, -0.15) is 0 Å². The minimum atomic E-state index is -0.559. The Kier molecular flexibility index (Phi) is 9.07. The summed E-state index contributed by atoms with van der Waals surface area (Å²) in [4.78, 5) is 0. The molecule has 2 rings (SSSR count). The number of halogens is 2. The molecule has 130 valence electrons. The van der Waals surface area contributed by atoms with Crippen LogP contribution in [0.15, 0.2) is 0 Å². The van der Waals surface area contributed by atoms with E-state index in [0.29, 0.717) is 4.43 Å². The van der Waals surface area contributed by atoms with E-state index in [1.165, 1.54) is 70.6 Å². The summed E-state index contributed by atoms with van der Waals surface area (Å²) in [5.74, 6) is 3.91. The number of hydrogen-bond donors (Lipinski definition) is 0. The van der Waals surface area contributed by atoms with Crippen molar-refractivity contribution in [3.63, 3.8) is 0 Å². The van der Waals surface area contributed by atoms with E-state index in [4.69, 9.17) is 0 Å². The van der Waals surface area contributed by atoms with E-state index in [-0.39, 0.29) is 0 Å². The van der Waals surface area contributed by atoms with Crippen molar-refractivity contribution in [1.29, 1.82) is 0 Å². The average Bonchev–Trinajstić information content (AvgIpc) is 2.58. The van der Waals surface area contributed by atoms with Gasteiger partial charge >= 0.3 is 0 Å². The van der Waals surface area contributed by atoms with Gasteiger partial charge in [0.25, 0.3) is 0 Å². The van der Waals surface area contributed by atoms with Gasteiger partial charge in [0.15, 0.2) is 0 Å². The van der Waals surface area contributed by atoms with E-state index >= 15 is 0 Å². The molecule has 2 fully saturated rings. The molecular weight excluding hydrogens is 386 g/mol. The summed E-state index contributed by atoms with van der Waals surface area (Å²) in [5, 5.41) is 0. The fourth-order valence-electron chi connectivity index (χ4n) is 4.88. The van der Waals surface area contributed by atoms with Crippen LogP contribution >= 0.6 is 22.6 Å². The average molecular weight is 422 g/mol. The minimum Gasteiger partial charge on any atom is -0.247 e. The number of unbranched alkanes of at least 4 members (excludes halogenated alkanes) is 1. The van der Waals surface area contributed by atoms with Crippen LogP contribution in [0, 0.1) is 23.7 Å². The summed E-state index contributed by atoms with van der Waals surface area (Å²) in [6.45, 7) is 2.31. The van der Waals surface area contributed by atoms with Crippen molar-refractivity contribution in [3.8, 4) is 0 Å². The van der Waals surface area contributed by atoms with Crippen LogP contribution in [0.5, 0.6) is 0 Å². The summed E-state index contributed by atoms with van der Waals surface area (Å²) < 4.78 is 14.0. The van der Waals surface area contributed by atoms with Crippen LogP contribution in [-0.4, -0.2) is 10.6 Å². The molecule has 0 spiro atoms. The Hall–Kier alpha value is 0.660. The summed E-state index contributed by atoms with van der Waals surface area (Å²) in [6.07, 6.45) is 17.3. The molecule has 0 N–H and O–H groups in total. The van der Waals surface area contributed by atoms with Crippen molar-refractivity contribution in [1.82, 2.24) is 0 Å². The molecule has 0 aromatic heterocycles. The lowest BCUT2D eigenvalue weighted by Crippen LogP contribution is -2.26. The molecule has 2 saturated carbocycles. The molecule has 0 aliphatic heterocycles. The van der Waals surface area contributed by atoms with Crippen molar-refractivity contribution in [2.45, 2.75) is 96.6 Å². The highest BCUT2D eigenvalue weighted by atomic mass is 127. The maximum atomic E-state index is 13.4. The topological polar surface area (TPSA) is 0 Å². The highest BCUT2D eigenvalue weighted by molar-refractivity contribution is 14.1. The van der Waals surface area contributed by atoms with Crippen molar-refractivity contribution < 1.29 is 4.39 Å². The van der Waals surface area contributed by atoms with Crippen molar-refractivity contribution >= 4 is 22.6 Å². The number of rotatable bonds is 8. The van der Waals surface area contributed by atoms with E-state index in [1.54, 1.807) is 0 Å². The Labute approximate surface area is 151 Å². The van der Waals surface area contributed by atoms with Crippen LogP contribution in [0.2, 0.25) is 0 Å². The Balaban J connectivity index is 1.61. The van der Waals surface area contributed by atoms with Gasteiger partial charge < -0.3 is 0 Å². The lowest BCUT2D eigenvalue weighted by atomic mass is 9.68. The van der Waals surface area contributed by atoms with Gasteiger partial charge in [-0.25, -0.2) is 4.39 Å². The van der Waals surface area contributed by atoms with E-state index in [9.17, 15) is 4.39 Å². The monoisotopic (exact) mass is 422 g/mol. The third kappa shape index (κ3) is 6.28. The van der Waals surface area contributed by atoms with E-state index in [2.05, 4.69) is 29.5 Å². The van der Waals surface area contributed by atoms with Crippen LogP contribution in [0.1, 0.15) is 90.4 Å². The van der Waals surface area contributed by atoms with Gasteiger partial charge in [0.05, 0.1) is 0 Å². The number of alkyl halides is 2. The maximum Gasteiger partial charge on any atom is 0.109 e. The van der Waals surface area contributed by atoms with Crippen LogP contribution in [0.4, 0.5) is 4.39 Å². The second-order valence-electron chi connectivity index (χ2n) is 8.03. The molecule has 0 nitrogen and oxygen atoms in total. The van der Waals surface area contributed by atoms with E-state index in [1.807, 2.05) is 0 Å². The van der Waals surface area contributed by atoms with Crippen molar-refractivity contribution in [2.75, 3.05) is 4.43 Å². The van der Waals surface area contributed by atoms with Crippen LogP contribution in [0.25, 0.3) is 0 Å². The zero-order valence-electron chi connectivity index (χ0n) is 14.5. The molecule has 0 radical (unpaired) electrons. The third-order valence-corrected chi connectivity index (χ3v) is 7.43. The maximum absolute atomic E-state index is 13.4. The summed E-state index contributed by atoms with van der Waals surface area (Å²) in [7, 11) is 0. The van der Waals surface area contributed by atoms with Gasteiger partial charge in [-0.3, -0.25) is 0 Å². The molecule has 2 aliphatic carbocycles. The van der Waals surface area contributed by atoms with Crippen LogP contribution in [0.3, 0.4) is 0 Å². The zero-order valence-corrected chi connectivity index (χ0v) is 16.7. The Morgan fingerprint density at radius 2 is 1.36 bits per heavy atom. The quantitative estimate of drug-likeness (QED) is 0.284. The molecule has 0 amide bonds. The lowest BCUT2D eigenvalue weighted by molar-refractivity contribution is 0.137. The highest BCUT2D eigenvalue weighted by Crippen LogP contribution is 2.43. The van der Waals surface area contributed by atoms with Crippen LogP contribution in [-0.2, 0) is 0 Å². The largest absolute Gasteiger partial charge is 0.247 e. The fraction of sp³-hybridized carbons (Fsp3) is 1.00. The van der Waals surface area contributed by atoms with Gasteiger partial charge in [-0.05, 0) is 62.2 Å². The Morgan fingerprint density at radius 1 is 0.864 bits per heavy atom. The second kappa shape index (κ2) is 10.5. The van der Waals surface area contributed by atoms with Gasteiger partial charge in [0.1, 0.15) is 6.17 Å². The second-order valence-corrected chi connectivity index (χ2v) is 8.91. The Morgan fingerprint density at radius 3 is 1.82 bits per heavy atom. The van der Waals surface area contributed by atoms with Gasteiger partial charge in [0.2, 0.25) is 0 Å². The smallest absolute Gasteiger partial charge is 0.109 e. The lowest BCUT2D eigenvalue weighted by Gasteiger charge is -2.38. The summed E-state index contributed by atoms with van der Waals surface area (Å²) in [5.41, 5.74) is 0. The van der Waals surface area contributed by atoms with E-state index in [0.717, 1.165) is 36.5 Å². The molecule has 2 aliphatic rings. The normalized spacial score (nSPS) is 34.5. The molecule has 0 aromatic rings. The SMILES string of the molecule is CCCCC1CCC(C2CCC(CCC(F)CI)CC2)CC1. The molecule has 0 bridgehead atoms. The third-order valence-electron chi connectivity index (χ3n) is 6.47. The summed E-state index contributed by atoms with van der Waals surface area (Å²) in [6, 6.07) is 0. The van der Waals surface area contributed by atoms with Crippen molar-refractivity contribution in [2.24, 2.45) is 23.7 Å². The van der Waals surface area contributed by atoms with E-state index < -0.39 is 6.17 Å². The first-order valence-corrected chi connectivity index (χ1v) is 11.5. The minimum absolute atomic E-state index is 0.559. The van der Waals surface area contributed by atoms with Gasteiger partial charge in [0, 0.05) is 4.43 Å². The molecule has 22 heavy (non-hydrogen) atoms. The van der Waals surface area contributed by atoms with Gasteiger partial charge in [-0.1, -0.05) is 74.5 Å². The highest BCUT2D eigenvalue weighted by Gasteiger charge is 2.30.